The Morgan fingerprint density at radius 3 is 2.53 bits per heavy atom. The molecule has 1 amide bonds. The van der Waals surface area contributed by atoms with Gasteiger partial charge >= 0.3 is 5.97 Å². The molecule has 5 heteroatoms. The van der Waals surface area contributed by atoms with Crippen molar-refractivity contribution in [2.45, 2.75) is 19.8 Å². The Balaban J connectivity index is 3.38. The monoisotopic (exact) mass is 216 g/mol. The van der Waals surface area contributed by atoms with Crippen molar-refractivity contribution in [1.82, 2.24) is 10.2 Å². The van der Waals surface area contributed by atoms with Gasteiger partial charge in [-0.15, -0.1) is 0 Å². The first-order valence-electron chi connectivity index (χ1n) is 5.13. The summed E-state index contributed by atoms with van der Waals surface area (Å²) in [6.45, 7) is 3.08. The van der Waals surface area contributed by atoms with Crippen molar-refractivity contribution in [2.24, 2.45) is 0 Å². The molecule has 0 radical (unpaired) electrons. The van der Waals surface area contributed by atoms with E-state index in [1.54, 1.807) is 11.8 Å². The number of ether oxygens (including phenoxy) is 1. The topological polar surface area (TPSA) is 58.6 Å². The third-order valence-electron chi connectivity index (χ3n) is 1.65. The standard InChI is InChI=1S/C10H20N2O3/c1-4-15-10(14)6-5-7-11-9(13)8-12(2)3/h4-8H2,1-3H3,(H,11,13). The van der Waals surface area contributed by atoms with Gasteiger partial charge in [0.1, 0.15) is 0 Å². The van der Waals surface area contributed by atoms with Crippen LogP contribution in [0.4, 0.5) is 0 Å². The molecule has 0 aromatic rings. The van der Waals surface area contributed by atoms with Crippen LogP contribution < -0.4 is 5.32 Å². The molecule has 0 unspecified atom stereocenters. The average Bonchev–Trinajstić information content (AvgIpc) is 2.12. The predicted molar refractivity (Wildman–Crippen MR) is 57.4 cm³/mol. The smallest absolute Gasteiger partial charge is 0.305 e. The zero-order chi connectivity index (χ0) is 11.7. The van der Waals surface area contributed by atoms with E-state index in [9.17, 15) is 9.59 Å². The fourth-order valence-electron chi connectivity index (χ4n) is 1.04. The number of nitrogens with zero attached hydrogens (tertiary/aromatic N) is 1. The molecule has 0 aromatic heterocycles. The predicted octanol–water partition coefficient (Wildman–Crippen LogP) is 0.00750. The zero-order valence-corrected chi connectivity index (χ0v) is 9.71. The Kier molecular flexibility index (Phi) is 7.62. The molecule has 88 valence electrons. The van der Waals surface area contributed by atoms with Crippen LogP contribution in [0, 0.1) is 0 Å². The highest BCUT2D eigenvalue weighted by atomic mass is 16.5. The van der Waals surface area contributed by atoms with Crippen LogP contribution in [-0.2, 0) is 14.3 Å². The van der Waals surface area contributed by atoms with Crippen LogP contribution in [0.25, 0.3) is 0 Å². The molecule has 15 heavy (non-hydrogen) atoms. The summed E-state index contributed by atoms with van der Waals surface area (Å²) in [7, 11) is 3.66. The average molecular weight is 216 g/mol. The van der Waals surface area contributed by atoms with Crippen molar-refractivity contribution in [2.75, 3.05) is 33.8 Å². The SMILES string of the molecule is CCOC(=O)CCCNC(=O)CN(C)C. The summed E-state index contributed by atoms with van der Waals surface area (Å²) in [5.41, 5.74) is 0. The number of esters is 1. The Labute approximate surface area is 90.8 Å². The molecule has 0 aliphatic rings. The molecule has 0 heterocycles. The third kappa shape index (κ3) is 9.21. The van der Waals surface area contributed by atoms with Gasteiger partial charge < -0.3 is 15.0 Å². The Bertz CT molecular complexity index is 205. The maximum atomic E-state index is 11.2. The fraction of sp³-hybridized carbons (Fsp3) is 0.800. The number of carbonyl (C=O) groups excluding carboxylic acids is 2. The van der Waals surface area contributed by atoms with Gasteiger partial charge in [0.2, 0.25) is 5.91 Å². The highest BCUT2D eigenvalue weighted by Gasteiger charge is 2.03. The lowest BCUT2D eigenvalue weighted by molar-refractivity contribution is -0.143. The lowest BCUT2D eigenvalue weighted by atomic mass is 10.3. The molecule has 0 saturated carbocycles. The molecular formula is C10H20N2O3. The van der Waals surface area contributed by atoms with Crippen LogP contribution in [0.5, 0.6) is 0 Å². The van der Waals surface area contributed by atoms with Crippen LogP contribution in [-0.4, -0.2) is 50.6 Å². The van der Waals surface area contributed by atoms with Crippen LogP contribution in [0.3, 0.4) is 0 Å². The lowest BCUT2D eigenvalue weighted by Gasteiger charge is -2.09. The number of carbonyl (C=O) groups is 2. The van der Waals surface area contributed by atoms with Gasteiger partial charge in [0.15, 0.2) is 0 Å². The first-order valence-corrected chi connectivity index (χ1v) is 5.13. The lowest BCUT2D eigenvalue weighted by Crippen LogP contribution is -2.33. The highest BCUT2D eigenvalue weighted by Crippen LogP contribution is 1.91. The summed E-state index contributed by atoms with van der Waals surface area (Å²) in [6, 6.07) is 0. The molecule has 5 nitrogen and oxygen atoms in total. The van der Waals surface area contributed by atoms with Crippen molar-refractivity contribution in [3.63, 3.8) is 0 Å². The largest absolute Gasteiger partial charge is 0.466 e. The second-order valence-corrected chi connectivity index (χ2v) is 3.50. The molecule has 0 aliphatic carbocycles. The van der Waals surface area contributed by atoms with E-state index < -0.39 is 0 Å². The molecule has 0 spiro atoms. The first kappa shape index (κ1) is 13.9. The minimum absolute atomic E-state index is 0.0242. The van der Waals surface area contributed by atoms with Gasteiger partial charge in [-0.25, -0.2) is 0 Å². The second-order valence-electron chi connectivity index (χ2n) is 3.50. The third-order valence-corrected chi connectivity index (χ3v) is 1.65. The second kappa shape index (κ2) is 8.23. The number of amides is 1. The van der Waals surface area contributed by atoms with Crippen LogP contribution in [0.1, 0.15) is 19.8 Å². The maximum absolute atomic E-state index is 11.2. The van der Waals surface area contributed by atoms with Gasteiger partial charge in [0.05, 0.1) is 13.2 Å². The van der Waals surface area contributed by atoms with Gasteiger partial charge in [-0.2, -0.15) is 0 Å². The molecule has 0 atom stereocenters. The molecule has 0 aliphatic heterocycles. The summed E-state index contributed by atoms with van der Waals surface area (Å²) in [5.74, 6) is -0.233. The van der Waals surface area contributed by atoms with Gasteiger partial charge in [-0.05, 0) is 27.4 Å². The van der Waals surface area contributed by atoms with Crippen molar-refractivity contribution in [3.8, 4) is 0 Å². The zero-order valence-electron chi connectivity index (χ0n) is 9.71. The molecular weight excluding hydrogens is 196 g/mol. The molecule has 1 N–H and O–H groups in total. The van der Waals surface area contributed by atoms with Gasteiger partial charge in [-0.1, -0.05) is 0 Å². The van der Waals surface area contributed by atoms with Gasteiger partial charge in [-0.3, -0.25) is 9.59 Å². The molecule has 0 saturated heterocycles. The minimum atomic E-state index is -0.209. The van der Waals surface area contributed by atoms with E-state index in [1.807, 2.05) is 14.1 Å². The normalized spacial score (nSPS) is 10.1. The van der Waals surface area contributed by atoms with E-state index in [4.69, 9.17) is 4.74 Å². The Morgan fingerprint density at radius 1 is 1.33 bits per heavy atom. The van der Waals surface area contributed by atoms with E-state index in [1.165, 1.54) is 0 Å². The van der Waals surface area contributed by atoms with Crippen molar-refractivity contribution < 1.29 is 14.3 Å². The summed E-state index contributed by atoms with van der Waals surface area (Å²) in [4.78, 5) is 23.9. The summed E-state index contributed by atoms with van der Waals surface area (Å²) < 4.78 is 4.75. The van der Waals surface area contributed by atoms with Gasteiger partial charge in [0, 0.05) is 13.0 Å². The summed E-state index contributed by atoms with van der Waals surface area (Å²) in [5, 5.41) is 2.72. The quantitative estimate of drug-likeness (QED) is 0.481. The molecule has 0 rings (SSSR count). The number of rotatable bonds is 7. The van der Waals surface area contributed by atoms with Crippen molar-refractivity contribution >= 4 is 11.9 Å². The number of hydrogen-bond donors (Lipinski definition) is 1. The first-order chi connectivity index (χ1) is 7.06. The molecule has 0 fully saturated rings. The number of hydrogen-bond acceptors (Lipinski definition) is 4. The van der Waals surface area contributed by atoms with Crippen molar-refractivity contribution in [3.05, 3.63) is 0 Å². The number of likely N-dealkylation sites (N-methyl/N-ethyl adjacent to an activating group) is 1. The van der Waals surface area contributed by atoms with Gasteiger partial charge in [0.25, 0.3) is 0 Å². The van der Waals surface area contributed by atoms with E-state index in [0.717, 1.165) is 0 Å². The number of nitrogens with one attached hydrogen (secondary N) is 1. The fourth-order valence-corrected chi connectivity index (χ4v) is 1.04. The van der Waals surface area contributed by atoms with E-state index in [-0.39, 0.29) is 11.9 Å². The molecule has 0 bridgehead atoms. The maximum Gasteiger partial charge on any atom is 0.305 e. The van der Waals surface area contributed by atoms with Crippen LogP contribution >= 0.6 is 0 Å². The van der Waals surface area contributed by atoms with E-state index in [0.29, 0.717) is 32.5 Å². The van der Waals surface area contributed by atoms with Crippen LogP contribution in [0.15, 0.2) is 0 Å². The van der Waals surface area contributed by atoms with E-state index in [2.05, 4.69) is 5.32 Å². The minimum Gasteiger partial charge on any atom is -0.466 e. The van der Waals surface area contributed by atoms with E-state index >= 15 is 0 Å². The highest BCUT2D eigenvalue weighted by molar-refractivity contribution is 5.78. The Hall–Kier alpha value is -1.10. The summed E-state index contributed by atoms with van der Waals surface area (Å²) >= 11 is 0. The summed E-state index contributed by atoms with van der Waals surface area (Å²) in [6.07, 6.45) is 0.980. The van der Waals surface area contributed by atoms with Crippen LogP contribution in [0.2, 0.25) is 0 Å². The molecule has 0 aromatic carbocycles. The Morgan fingerprint density at radius 2 is 2.00 bits per heavy atom. The van der Waals surface area contributed by atoms with Crippen molar-refractivity contribution in [1.29, 1.82) is 0 Å².